The second-order valence-electron chi connectivity index (χ2n) is 5.96. The molecule has 0 radical (unpaired) electrons. The molecule has 1 aliphatic heterocycles. The summed E-state index contributed by atoms with van der Waals surface area (Å²) in [4.78, 5) is 4.33. The average Bonchev–Trinajstić information content (AvgIpc) is 3.02. The first-order chi connectivity index (χ1) is 9.83. The number of pyridine rings is 1. The summed E-state index contributed by atoms with van der Waals surface area (Å²) in [5.41, 5.74) is 2.25. The van der Waals surface area contributed by atoms with Gasteiger partial charge in [-0.2, -0.15) is 0 Å². The molecule has 1 aliphatic carbocycles. The van der Waals surface area contributed by atoms with Crippen LogP contribution in [0.3, 0.4) is 0 Å². The summed E-state index contributed by atoms with van der Waals surface area (Å²) in [5, 5.41) is 3.49. The second kappa shape index (κ2) is 6.40. The average molecular weight is 272 g/mol. The minimum atomic E-state index is 0.374. The van der Waals surface area contributed by atoms with E-state index >= 15 is 0 Å². The zero-order valence-electron chi connectivity index (χ0n) is 12.1. The van der Waals surface area contributed by atoms with Gasteiger partial charge in [0.2, 0.25) is 0 Å². The monoisotopic (exact) mass is 272 g/mol. The molecule has 3 rings (SSSR count). The fraction of sp³-hybridized carbons (Fsp3) is 0.588. The molecular weight excluding hydrogens is 248 g/mol. The van der Waals surface area contributed by atoms with Crippen molar-refractivity contribution >= 4 is 5.57 Å². The Morgan fingerprint density at radius 1 is 1.15 bits per heavy atom. The van der Waals surface area contributed by atoms with Crippen LogP contribution in [0, 0.1) is 0 Å². The molecule has 0 unspecified atom stereocenters. The molecule has 2 aliphatic rings. The lowest BCUT2D eigenvalue weighted by atomic mass is 9.97. The first kappa shape index (κ1) is 13.6. The van der Waals surface area contributed by atoms with Gasteiger partial charge < -0.3 is 10.1 Å². The maximum atomic E-state index is 6.08. The van der Waals surface area contributed by atoms with Gasteiger partial charge in [0.05, 0.1) is 12.3 Å². The summed E-state index contributed by atoms with van der Waals surface area (Å²) in [6.45, 7) is 5.33. The number of ether oxygens (including phenoxy) is 1. The molecule has 0 bridgehead atoms. The molecule has 0 amide bonds. The van der Waals surface area contributed by atoms with Crippen molar-refractivity contribution in [1.29, 1.82) is 0 Å². The maximum absolute atomic E-state index is 6.08. The van der Waals surface area contributed by atoms with E-state index in [9.17, 15) is 0 Å². The minimum absolute atomic E-state index is 0.374. The minimum Gasteiger partial charge on any atom is -0.489 e. The quantitative estimate of drug-likeness (QED) is 0.910. The van der Waals surface area contributed by atoms with E-state index in [1.54, 1.807) is 0 Å². The van der Waals surface area contributed by atoms with E-state index < -0.39 is 0 Å². The molecule has 1 atom stereocenters. The highest BCUT2D eigenvalue weighted by molar-refractivity contribution is 5.68. The molecular formula is C17H24N2O. The summed E-state index contributed by atoms with van der Waals surface area (Å²) in [6, 6.07) is 2.51. The number of hydrogen-bond donors (Lipinski definition) is 1. The van der Waals surface area contributed by atoms with Crippen LogP contribution in [0.15, 0.2) is 25.0 Å². The van der Waals surface area contributed by atoms with Crippen LogP contribution >= 0.6 is 0 Å². The topological polar surface area (TPSA) is 34.1 Å². The van der Waals surface area contributed by atoms with Gasteiger partial charge in [-0.25, -0.2) is 0 Å². The Bertz CT molecular complexity index is 460. The standard InChI is InChI=1S/C17H24N2O/c1-13(17-8-5-9-19-17)14-10-16(12-18-11-14)20-15-6-3-2-4-7-15/h10-12,15,17,19H,1-9H2/t17-/m0/s1. The van der Waals surface area contributed by atoms with E-state index in [0.717, 1.165) is 23.4 Å². The predicted molar refractivity (Wildman–Crippen MR) is 81.8 cm³/mol. The highest BCUT2D eigenvalue weighted by Gasteiger charge is 2.19. The molecule has 0 spiro atoms. The number of nitrogens with zero attached hydrogens (tertiary/aromatic N) is 1. The molecule has 3 nitrogen and oxygen atoms in total. The van der Waals surface area contributed by atoms with Crippen LogP contribution in [0.2, 0.25) is 0 Å². The number of hydrogen-bond acceptors (Lipinski definition) is 3. The Balaban J connectivity index is 1.67. The molecule has 1 aromatic heterocycles. The lowest BCUT2D eigenvalue weighted by molar-refractivity contribution is 0.154. The van der Waals surface area contributed by atoms with E-state index in [-0.39, 0.29) is 0 Å². The van der Waals surface area contributed by atoms with Gasteiger partial charge in [0, 0.05) is 17.8 Å². The van der Waals surface area contributed by atoms with E-state index in [4.69, 9.17) is 4.74 Å². The molecule has 108 valence electrons. The molecule has 1 saturated heterocycles. The Morgan fingerprint density at radius 2 is 2.00 bits per heavy atom. The van der Waals surface area contributed by atoms with E-state index in [1.165, 1.54) is 44.9 Å². The Morgan fingerprint density at radius 3 is 2.75 bits per heavy atom. The van der Waals surface area contributed by atoms with Crippen LogP contribution in [0.25, 0.3) is 5.57 Å². The zero-order valence-corrected chi connectivity index (χ0v) is 12.1. The van der Waals surface area contributed by atoms with Crippen molar-refractivity contribution in [2.24, 2.45) is 0 Å². The summed E-state index contributed by atoms with van der Waals surface area (Å²) in [7, 11) is 0. The van der Waals surface area contributed by atoms with Gasteiger partial charge in [0.1, 0.15) is 5.75 Å². The Hall–Kier alpha value is -1.35. The largest absolute Gasteiger partial charge is 0.489 e. The number of aromatic nitrogens is 1. The summed E-state index contributed by atoms with van der Waals surface area (Å²) >= 11 is 0. The first-order valence-corrected chi connectivity index (χ1v) is 7.87. The summed E-state index contributed by atoms with van der Waals surface area (Å²) < 4.78 is 6.08. The SMILES string of the molecule is C=C(c1cncc(OC2CCCCC2)c1)[C@@H]1CCCN1. The van der Waals surface area contributed by atoms with Crippen molar-refractivity contribution in [2.45, 2.75) is 57.1 Å². The molecule has 1 saturated carbocycles. The second-order valence-corrected chi connectivity index (χ2v) is 5.96. The lowest BCUT2D eigenvalue weighted by Crippen LogP contribution is -2.22. The molecule has 3 heteroatoms. The van der Waals surface area contributed by atoms with Crippen molar-refractivity contribution in [3.05, 3.63) is 30.6 Å². The van der Waals surface area contributed by atoms with Gasteiger partial charge in [-0.05, 0) is 56.7 Å². The van der Waals surface area contributed by atoms with Gasteiger partial charge in [0.15, 0.2) is 0 Å². The maximum Gasteiger partial charge on any atom is 0.138 e. The van der Waals surface area contributed by atoms with E-state index in [0.29, 0.717) is 12.1 Å². The first-order valence-electron chi connectivity index (χ1n) is 7.87. The Labute approximate surface area is 121 Å². The van der Waals surface area contributed by atoms with Crippen molar-refractivity contribution < 1.29 is 4.74 Å². The predicted octanol–water partition coefficient (Wildman–Crippen LogP) is 3.56. The van der Waals surface area contributed by atoms with Crippen molar-refractivity contribution in [3.8, 4) is 5.75 Å². The van der Waals surface area contributed by atoms with Crippen molar-refractivity contribution in [3.63, 3.8) is 0 Å². The molecule has 2 heterocycles. The fourth-order valence-corrected chi connectivity index (χ4v) is 3.22. The van der Waals surface area contributed by atoms with Gasteiger partial charge in [-0.1, -0.05) is 13.0 Å². The van der Waals surface area contributed by atoms with Crippen LogP contribution in [0.5, 0.6) is 5.75 Å². The molecule has 1 N–H and O–H groups in total. The van der Waals surface area contributed by atoms with Gasteiger partial charge in [0.25, 0.3) is 0 Å². The normalized spacial score (nSPS) is 23.7. The fourth-order valence-electron chi connectivity index (χ4n) is 3.22. The third-order valence-electron chi connectivity index (χ3n) is 4.42. The smallest absolute Gasteiger partial charge is 0.138 e. The van der Waals surface area contributed by atoms with Crippen molar-refractivity contribution in [1.82, 2.24) is 10.3 Å². The van der Waals surface area contributed by atoms with Crippen LogP contribution in [0.1, 0.15) is 50.5 Å². The van der Waals surface area contributed by atoms with Crippen molar-refractivity contribution in [2.75, 3.05) is 6.54 Å². The van der Waals surface area contributed by atoms with Crippen LogP contribution in [0.4, 0.5) is 0 Å². The third kappa shape index (κ3) is 3.21. The number of nitrogens with one attached hydrogen (secondary N) is 1. The molecule has 1 aromatic rings. The van der Waals surface area contributed by atoms with E-state index in [1.807, 2.05) is 12.4 Å². The molecule has 0 aromatic carbocycles. The van der Waals surface area contributed by atoms with Gasteiger partial charge in [-0.15, -0.1) is 0 Å². The highest BCUT2D eigenvalue weighted by atomic mass is 16.5. The van der Waals surface area contributed by atoms with Crippen LogP contribution in [-0.4, -0.2) is 23.7 Å². The van der Waals surface area contributed by atoms with Gasteiger partial charge in [-0.3, -0.25) is 4.98 Å². The van der Waals surface area contributed by atoms with Crippen LogP contribution in [-0.2, 0) is 0 Å². The Kier molecular flexibility index (Phi) is 4.36. The van der Waals surface area contributed by atoms with Crippen LogP contribution < -0.4 is 10.1 Å². The highest BCUT2D eigenvalue weighted by Crippen LogP contribution is 2.27. The summed E-state index contributed by atoms with van der Waals surface area (Å²) in [6.07, 6.45) is 12.8. The zero-order chi connectivity index (χ0) is 13.8. The molecule has 2 fully saturated rings. The molecule has 20 heavy (non-hydrogen) atoms. The lowest BCUT2D eigenvalue weighted by Gasteiger charge is -2.23. The third-order valence-corrected chi connectivity index (χ3v) is 4.42. The van der Waals surface area contributed by atoms with E-state index in [2.05, 4.69) is 22.9 Å². The summed E-state index contributed by atoms with van der Waals surface area (Å²) in [5.74, 6) is 0.897. The van der Waals surface area contributed by atoms with Gasteiger partial charge >= 0.3 is 0 Å². The number of rotatable bonds is 4.